The van der Waals surface area contributed by atoms with Gasteiger partial charge in [-0.25, -0.2) is 13.4 Å². The van der Waals surface area contributed by atoms with Crippen LogP contribution in [0.4, 0.5) is 5.82 Å². The summed E-state index contributed by atoms with van der Waals surface area (Å²) in [5.41, 5.74) is 0.353. The van der Waals surface area contributed by atoms with Gasteiger partial charge in [0.2, 0.25) is 15.9 Å². The van der Waals surface area contributed by atoms with Crippen LogP contribution in [0.3, 0.4) is 0 Å². The first-order chi connectivity index (χ1) is 14.4. The van der Waals surface area contributed by atoms with Crippen molar-refractivity contribution >= 4 is 21.7 Å². The molecule has 2 aliphatic rings. The Morgan fingerprint density at radius 3 is 2.53 bits per heavy atom. The highest BCUT2D eigenvalue weighted by molar-refractivity contribution is 7.89. The molecule has 2 saturated heterocycles. The van der Waals surface area contributed by atoms with E-state index < -0.39 is 10.0 Å². The lowest BCUT2D eigenvalue weighted by molar-refractivity contribution is -0.137. The Morgan fingerprint density at radius 1 is 1.13 bits per heavy atom. The number of hydrogen-bond acceptors (Lipinski definition) is 7. The molecule has 2 aromatic heterocycles. The zero-order valence-corrected chi connectivity index (χ0v) is 18.1. The molecule has 10 heteroatoms. The van der Waals surface area contributed by atoms with Crippen LogP contribution < -0.4 is 4.90 Å². The Balaban J connectivity index is 1.41. The Hall–Kier alpha value is -2.46. The molecule has 162 valence electrons. The summed E-state index contributed by atoms with van der Waals surface area (Å²) in [5, 5.41) is 3.77. The van der Waals surface area contributed by atoms with Gasteiger partial charge in [-0.05, 0) is 38.8 Å². The number of nitrogens with zero attached hydrogens (tertiary/aromatic N) is 5. The van der Waals surface area contributed by atoms with Crippen LogP contribution in [0, 0.1) is 19.8 Å². The number of rotatable bonds is 4. The molecule has 2 aliphatic heterocycles. The van der Waals surface area contributed by atoms with E-state index in [9.17, 15) is 13.2 Å². The summed E-state index contributed by atoms with van der Waals surface area (Å²) >= 11 is 0. The number of pyridine rings is 1. The molecule has 30 heavy (non-hydrogen) atoms. The second-order valence-electron chi connectivity index (χ2n) is 7.86. The lowest BCUT2D eigenvalue weighted by Crippen LogP contribution is -2.53. The van der Waals surface area contributed by atoms with E-state index in [1.54, 1.807) is 20.0 Å². The van der Waals surface area contributed by atoms with Crippen LogP contribution in [0.25, 0.3) is 0 Å². The molecule has 2 aromatic rings. The van der Waals surface area contributed by atoms with E-state index in [1.807, 2.05) is 23.1 Å². The maximum absolute atomic E-state index is 13.1. The van der Waals surface area contributed by atoms with Crippen molar-refractivity contribution in [2.45, 2.75) is 31.6 Å². The molecule has 0 unspecified atom stereocenters. The molecule has 9 nitrogen and oxygen atoms in total. The quantitative estimate of drug-likeness (QED) is 0.719. The average molecular weight is 434 g/mol. The van der Waals surface area contributed by atoms with Crippen molar-refractivity contribution in [2.24, 2.45) is 5.92 Å². The normalized spacial score (nSPS) is 21.1. The van der Waals surface area contributed by atoms with Crippen LogP contribution in [0.2, 0.25) is 0 Å². The minimum Gasteiger partial charge on any atom is -0.360 e. The number of sulfonamides is 1. The Bertz CT molecular complexity index is 980. The van der Waals surface area contributed by atoms with E-state index in [2.05, 4.69) is 15.0 Å². The number of piperidine rings is 1. The van der Waals surface area contributed by atoms with Crippen LogP contribution in [-0.4, -0.2) is 72.9 Å². The maximum atomic E-state index is 13.1. The second kappa shape index (κ2) is 8.35. The molecule has 0 radical (unpaired) electrons. The maximum Gasteiger partial charge on any atom is 0.248 e. The van der Waals surface area contributed by atoms with Crippen molar-refractivity contribution in [3.63, 3.8) is 0 Å². The molecule has 0 aromatic carbocycles. The van der Waals surface area contributed by atoms with Crippen LogP contribution in [0.1, 0.15) is 24.3 Å². The third kappa shape index (κ3) is 3.93. The smallest absolute Gasteiger partial charge is 0.248 e. The highest BCUT2D eigenvalue weighted by Gasteiger charge is 2.38. The van der Waals surface area contributed by atoms with Gasteiger partial charge in [0.25, 0.3) is 0 Å². The third-order valence-electron chi connectivity index (χ3n) is 5.86. The van der Waals surface area contributed by atoms with Crippen LogP contribution in [0.5, 0.6) is 0 Å². The topological polar surface area (TPSA) is 99.8 Å². The number of aryl methyl sites for hydroxylation is 2. The molecule has 0 saturated carbocycles. The number of amides is 1. The highest BCUT2D eigenvalue weighted by Crippen LogP contribution is 2.28. The van der Waals surface area contributed by atoms with E-state index in [-0.39, 0.29) is 29.0 Å². The Labute approximate surface area is 176 Å². The van der Waals surface area contributed by atoms with E-state index in [0.29, 0.717) is 38.2 Å². The first-order valence-corrected chi connectivity index (χ1v) is 11.7. The van der Waals surface area contributed by atoms with Gasteiger partial charge in [-0.15, -0.1) is 0 Å². The van der Waals surface area contributed by atoms with E-state index in [4.69, 9.17) is 4.52 Å². The predicted octanol–water partition coefficient (Wildman–Crippen LogP) is 1.44. The molecule has 0 N–H and O–H groups in total. The van der Waals surface area contributed by atoms with Gasteiger partial charge < -0.3 is 14.3 Å². The van der Waals surface area contributed by atoms with E-state index >= 15 is 0 Å². The van der Waals surface area contributed by atoms with Crippen molar-refractivity contribution in [1.29, 1.82) is 0 Å². The lowest BCUT2D eigenvalue weighted by atomic mass is 9.98. The fraction of sp³-hybridized carbons (Fsp3) is 0.550. The molecule has 4 heterocycles. The zero-order chi connectivity index (χ0) is 21.3. The van der Waals surface area contributed by atoms with Crippen molar-refractivity contribution < 1.29 is 17.7 Å². The summed E-state index contributed by atoms with van der Waals surface area (Å²) in [6.45, 7) is 6.49. The number of carbonyl (C=O) groups excluding carboxylic acids is 1. The fourth-order valence-electron chi connectivity index (χ4n) is 4.29. The van der Waals surface area contributed by atoms with Gasteiger partial charge in [0, 0.05) is 45.5 Å². The molecule has 1 amide bonds. The first kappa shape index (κ1) is 20.8. The van der Waals surface area contributed by atoms with Gasteiger partial charge in [-0.1, -0.05) is 11.2 Å². The summed E-state index contributed by atoms with van der Waals surface area (Å²) in [6.07, 6.45) is 3.13. The molecule has 0 bridgehead atoms. The number of aromatic nitrogens is 2. The lowest BCUT2D eigenvalue weighted by Gasteiger charge is -2.39. The largest absolute Gasteiger partial charge is 0.360 e. The summed E-state index contributed by atoms with van der Waals surface area (Å²) < 4.78 is 32.7. The molecule has 4 rings (SSSR count). The number of hydrogen-bond donors (Lipinski definition) is 0. The number of piperazine rings is 1. The molecular weight excluding hydrogens is 406 g/mol. The van der Waals surface area contributed by atoms with Crippen molar-refractivity contribution in [3.05, 3.63) is 35.9 Å². The summed E-state index contributed by atoms with van der Waals surface area (Å²) in [7, 11) is -3.73. The standard InChI is InChI=1S/C20H27N5O4S/c1-15-19(16(2)29-22-15)30(27,28)25-9-5-6-17(14-25)20(26)24-12-10-23(11-13-24)18-7-3-4-8-21-18/h3-4,7-8,17H,5-6,9-14H2,1-2H3/t17-/m1/s1. The minimum atomic E-state index is -3.73. The van der Waals surface area contributed by atoms with Gasteiger partial charge >= 0.3 is 0 Å². The number of anilines is 1. The molecule has 0 spiro atoms. The second-order valence-corrected chi connectivity index (χ2v) is 9.73. The van der Waals surface area contributed by atoms with Gasteiger partial charge in [-0.2, -0.15) is 4.31 Å². The van der Waals surface area contributed by atoms with Crippen LogP contribution in [0.15, 0.2) is 33.8 Å². The third-order valence-corrected chi connectivity index (χ3v) is 7.97. The average Bonchev–Trinajstić information content (AvgIpc) is 3.12. The first-order valence-electron chi connectivity index (χ1n) is 10.3. The summed E-state index contributed by atoms with van der Waals surface area (Å²) in [4.78, 5) is 21.7. The van der Waals surface area contributed by atoms with Gasteiger partial charge in [-0.3, -0.25) is 4.79 Å². The van der Waals surface area contributed by atoms with Crippen molar-refractivity contribution in [2.75, 3.05) is 44.2 Å². The Morgan fingerprint density at radius 2 is 1.90 bits per heavy atom. The summed E-state index contributed by atoms with van der Waals surface area (Å²) in [5.74, 6) is 0.912. The molecular formula is C20H27N5O4S. The van der Waals surface area contributed by atoms with Crippen LogP contribution >= 0.6 is 0 Å². The highest BCUT2D eigenvalue weighted by atomic mass is 32.2. The Kier molecular flexibility index (Phi) is 5.79. The molecule has 0 aliphatic carbocycles. The van der Waals surface area contributed by atoms with Crippen molar-refractivity contribution in [1.82, 2.24) is 19.3 Å². The number of carbonyl (C=O) groups is 1. The molecule has 1 atom stereocenters. The van der Waals surface area contributed by atoms with Crippen LogP contribution in [-0.2, 0) is 14.8 Å². The monoisotopic (exact) mass is 433 g/mol. The SMILES string of the molecule is Cc1noc(C)c1S(=O)(=O)N1CCC[C@@H](C(=O)N2CCN(c3ccccn3)CC2)C1. The van der Waals surface area contributed by atoms with Gasteiger partial charge in [0.1, 0.15) is 16.4 Å². The zero-order valence-electron chi connectivity index (χ0n) is 17.3. The van der Waals surface area contributed by atoms with Gasteiger partial charge in [0.15, 0.2) is 5.76 Å². The van der Waals surface area contributed by atoms with E-state index in [1.165, 1.54) is 4.31 Å². The molecule has 2 fully saturated rings. The van der Waals surface area contributed by atoms with Gasteiger partial charge in [0.05, 0.1) is 5.92 Å². The fourth-order valence-corrected chi connectivity index (χ4v) is 6.10. The van der Waals surface area contributed by atoms with E-state index in [0.717, 1.165) is 18.9 Å². The van der Waals surface area contributed by atoms with Crippen molar-refractivity contribution in [3.8, 4) is 0 Å². The minimum absolute atomic E-state index is 0.0364. The summed E-state index contributed by atoms with van der Waals surface area (Å²) in [6, 6.07) is 5.81. The predicted molar refractivity (Wildman–Crippen MR) is 110 cm³/mol.